The number of hydrogen-bond acceptors (Lipinski definition) is 2. The van der Waals surface area contributed by atoms with Crippen LogP contribution in [0.5, 0.6) is 0 Å². The van der Waals surface area contributed by atoms with Crippen molar-refractivity contribution in [2.45, 2.75) is 12.3 Å². The third-order valence-corrected chi connectivity index (χ3v) is 2.63. The van der Waals surface area contributed by atoms with Crippen LogP contribution in [-0.2, 0) is 4.79 Å². The van der Waals surface area contributed by atoms with E-state index >= 15 is 0 Å². The topological polar surface area (TPSA) is 43.1 Å². The fraction of sp³-hybridized carbons (Fsp3) is 0.364. The van der Waals surface area contributed by atoms with Crippen LogP contribution in [0.15, 0.2) is 30.3 Å². The first-order valence-electron chi connectivity index (χ1n) is 4.60. The zero-order valence-corrected chi connectivity index (χ0v) is 7.44. The summed E-state index contributed by atoms with van der Waals surface area (Å²) in [7, 11) is 0. The number of hydrogen-bond donors (Lipinski definition) is 1. The molecule has 0 aliphatic heterocycles. The molecule has 2 unspecified atom stereocenters. The van der Waals surface area contributed by atoms with Gasteiger partial charge in [-0.15, -0.1) is 0 Å². The van der Waals surface area contributed by atoms with E-state index in [1.807, 2.05) is 18.2 Å². The normalized spacial score (nSPS) is 25.6. The summed E-state index contributed by atoms with van der Waals surface area (Å²) in [6.07, 6.45) is 0.986. The fourth-order valence-electron chi connectivity index (χ4n) is 1.77. The largest absolute Gasteiger partial charge is 0.324 e. The van der Waals surface area contributed by atoms with Crippen LogP contribution in [0.4, 0.5) is 0 Å². The van der Waals surface area contributed by atoms with Gasteiger partial charge in [0.15, 0.2) is 0 Å². The summed E-state index contributed by atoms with van der Waals surface area (Å²) in [5.41, 5.74) is 6.58. The van der Waals surface area contributed by atoms with E-state index in [2.05, 4.69) is 12.1 Å². The van der Waals surface area contributed by atoms with E-state index in [0.29, 0.717) is 5.92 Å². The maximum absolute atomic E-state index is 11.2. The smallest absolute Gasteiger partial charge is 0.150 e. The minimum absolute atomic E-state index is 0.188. The molecule has 2 heteroatoms. The minimum Gasteiger partial charge on any atom is -0.324 e. The van der Waals surface area contributed by atoms with Crippen molar-refractivity contribution in [3.8, 4) is 0 Å². The Morgan fingerprint density at radius 1 is 1.38 bits per heavy atom. The van der Waals surface area contributed by atoms with Crippen LogP contribution in [0.1, 0.15) is 17.9 Å². The van der Waals surface area contributed by atoms with E-state index in [1.165, 1.54) is 5.56 Å². The predicted molar refractivity (Wildman–Crippen MR) is 51.4 cm³/mol. The van der Waals surface area contributed by atoms with Gasteiger partial charge in [-0.2, -0.15) is 0 Å². The highest BCUT2D eigenvalue weighted by Crippen LogP contribution is 2.47. The van der Waals surface area contributed by atoms with E-state index in [4.69, 9.17) is 5.73 Å². The lowest BCUT2D eigenvalue weighted by Gasteiger charge is -1.97. The van der Waals surface area contributed by atoms with Gasteiger partial charge in [-0.05, 0) is 17.9 Å². The first kappa shape index (κ1) is 8.45. The average molecular weight is 175 g/mol. The number of rotatable bonds is 3. The monoisotopic (exact) mass is 175 g/mol. The summed E-state index contributed by atoms with van der Waals surface area (Å²) in [5, 5.41) is 0. The molecule has 0 aromatic heterocycles. The van der Waals surface area contributed by atoms with Gasteiger partial charge in [0.1, 0.15) is 5.78 Å². The van der Waals surface area contributed by atoms with Gasteiger partial charge >= 0.3 is 0 Å². The van der Waals surface area contributed by atoms with Crippen molar-refractivity contribution in [2.24, 2.45) is 11.7 Å². The maximum atomic E-state index is 11.2. The first-order valence-corrected chi connectivity index (χ1v) is 4.60. The lowest BCUT2D eigenvalue weighted by molar-refractivity contribution is -0.119. The van der Waals surface area contributed by atoms with Crippen LogP contribution < -0.4 is 5.73 Å². The number of ketones is 1. The van der Waals surface area contributed by atoms with Gasteiger partial charge in [0, 0.05) is 5.92 Å². The molecule has 0 radical (unpaired) electrons. The molecule has 1 aromatic rings. The molecular formula is C11H13NO. The molecule has 13 heavy (non-hydrogen) atoms. The summed E-state index contributed by atoms with van der Waals surface area (Å²) in [5.74, 6) is 0.846. The summed E-state index contributed by atoms with van der Waals surface area (Å²) < 4.78 is 0. The quantitative estimate of drug-likeness (QED) is 0.752. The van der Waals surface area contributed by atoms with Crippen molar-refractivity contribution in [2.75, 3.05) is 6.54 Å². The second-order valence-electron chi connectivity index (χ2n) is 3.53. The molecule has 0 bridgehead atoms. The van der Waals surface area contributed by atoms with E-state index in [-0.39, 0.29) is 18.2 Å². The van der Waals surface area contributed by atoms with Gasteiger partial charge in [-0.3, -0.25) is 4.79 Å². The summed E-state index contributed by atoms with van der Waals surface area (Å²) in [6.45, 7) is 0.188. The third kappa shape index (κ3) is 1.63. The minimum atomic E-state index is 0.188. The van der Waals surface area contributed by atoms with E-state index < -0.39 is 0 Å². The second-order valence-corrected chi connectivity index (χ2v) is 3.53. The Balaban J connectivity index is 2.04. The van der Waals surface area contributed by atoms with Gasteiger partial charge in [0.25, 0.3) is 0 Å². The lowest BCUT2D eigenvalue weighted by Crippen LogP contribution is -2.15. The van der Waals surface area contributed by atoms with Gasteiger partial charge in [0.2, 0.25) is 0 Å². The molecule has 1 aliphatic carbocycles. The third-order valence-electron chi connectivity index (χ3n) is 2.63. The Bertz CT molecular complexity index is 307. The molecule has 2 nitrogen and oxygen atoms in total. The second kappa shape index (κ2) is 3.30. The summed E-state index contributed by atoms with van der Waals surface area (Å²) >= 11 is 0. The Hall–Kier alpha value is -1.15. The standard InChI is InChI=1S/C11H13NO/c12-7-11(13)10-6-9(10)8-4-2-1-3-5-8/h1-5,9-10H,6-7,12H2. The average Bonchev–Trinajstić information content (AvgIpc) is 2.98. The molecule has 2 N–H and O–H groups in total. The molecule has 1 aliphatic rings. The van der Waals surface area contributed by atoms with Crippen LogP contribution in [-0.4, -0.2) is 12.3 Å². The number of carbonyl (C=O) groups excluding carboxylic acids is 1. The Kier molecular flexibility index (Phi) is 2.15. The van der Waals surface area contributed by atoms with Gasteiger partial charge in [0.05, 0.1) is 6.54 Å². The molecular weight excluding hydrogens is 162 g/mol. The Labute approximate surface area is 77.8 Å². The fourth-order valence-corrected chi connectivity index (χ4v) is 1.77. The van der Waals surface area contributed by atoms with Crippen molar-refractivity contribution in [3.05, 3.63) is 35.9 Å². The molecule has 1 fully saturated rings. The zero-order chi connectivity index (χ0) is 9.26. The van der Waals surface area contributed by atoms with Crippen LogP contribution in [0.3, 0.4) is 0 Å². The molecule has 1 saturated carbocycles. The van der Waals surface area contributed by atoms with E-state index in [9.17, 15) is 4.79 Å². The van der Waals surface area contributed by atoms with Crippen molar-refractivity contribution in [1.29, 1.82) is 0 Å². The Morgan fingerprint density at radius 3 is 2.69 bits per heavy atom. The number of benzene rings is 1. The molecule has 2 rings (SSSR count). The van der Waals surface area contributed by atoms with Crippen LogP contribution in [0, 0.1) is 5.92 Å². The SMILES string of the molecule is NCC(=O)C1CC1c1ccccc1. The van der Waals surface area contributed by atoms with Crippen molar-refractivity contribution >= 4 is 5.78 Å². The number of carbonyl (C=O) groups is 1. The highest BCUT2D eigenvalue weighted by Gasteiger charge is 2.42. The highest BCUT2D eigenvalue weighted by molar-refractivity contribution is 5.86. The molecule has 0 spiro atoms. The summed E-state index contributed by atoms with van der Waals surface area (Å²) in [4.78, 5) is 11.2. The molecule has 0 amide bonds. The first-order chi connectivity index (χ1) is 6.33. The van der Waals surface area contributed by atoms with Gasteiger partial charge in [-0.25, -0.2) is 0 Å². The van der Waals surface area contributed by atoms with E-state index in [1.54, 1.807) is 0 Å². The van der Waals surface area contributed by atoms with E-state index in [0.717, 1.165) is 6.42 Å². The molecule has 68 valence electrons. The van der Waals surface area contributed by atoms with Crippen molar-refractivity contribution in [3.63, 3.8) is 0 Å². The number of nitrogens with two attached hydrogens (primary N) is 1. The highest BCUT2D eigenvalue weighted by atomic mass is 16.1. The summed E-state index contributed by atoms with van der Waals surface area (Å²) in [6, 6.07) is 10.2. The van der Waals surface area contributed by atoms with Gasteiger partial charge < -0.3 is 5.73 Å². The Morgan fingerprint density at radius 2 is 2.08 bits per heavy atom. The maximum Gasteiger partial charge on any atom is 0.150 e. The van der Waals surface area contributed by atoms with Crippen molar-refractivity contribution in [1.82, 2.24) is 0 Å². The number of Topliss-reactive ketones (excluding diaryl/α,β-unsaturated/α-hetero) is 1. The molecule has 0 saturated heterocycles. The molecule has 2 atom stereocenters. The van der Waals surface area contributed by atoms with Crippen LogP contribution in [0.25, 0.3) is 0 Å². The molecule has 1 aromatic carbocycles. The lowest BCUT2D eigenvalue weighted by atomic mass is 10.1. The van der Waals surface area contributed by atoms with Gasteiger partial charge in [-0.1, -0.05) is 30.3 Å². The van der Waals surface area contributed by atoms with Crippen LogP contribution >= 0.6 is 0 Å². The molecule has 0 heterocycles. The predicted octanol–water partition coefficient (Wildman–Crippen LogP) is 1.32. The van der Waals surface area contributed by atoms with Crippen molar-refractivity contribution < 1.29 is 4.79 Å². The van der Waals surface area contributed by atoms with Crippen LogP contribution in [0.2, 0.25) is 0 Å². The zero-order valence-electron chi connectivity index (χ0n) is 7.44.